The highest BCUT2D eigenvalue weighted by Gasteiger charge is 2.25. The number of carbonyl (C=O) groups excluding carboxylic acids is 1. The molecular formula is C20H25N3O3. The van der Waals surface area contributed by atoms with Crippen molar-refractivity contribution in [2.45, 2.75) is 38.3 Å². The Labute approximate surface area is 153 Å². The molecule has 0 bridgehead atoms. The van der Waals surface area contributed by atoms with Gasteiger partial charge in [0.05, 0.1) is 31.6 Å². The predicted molar refractivity (Wildman–Crippen MR) is 98.1 cm³/mol. The highest BCUT2D eigenvalue weighted by Crippen LogP contribution is 2.27. The summed E-state index contributed by atoms with van der Waals surface area (Å²) >= 11 is 0. The summed E-state index contributed by atoms with van der Waals surface area (Å²) in [5.74, 6) is 0.775. The summed E-state index contributed by atoms with van der Waals surface area (Å²) in [5.41, 5.74) is 2.67. The van der Waals surface area contributed by atoms with E-state index in [1.165, 1.54) is 6.42 Å². The summed E-state index contributed by atoms with van der Waals surface area (Å²) in [4.78, 5) is 17.6. The van der Waals surface area contributed by atoms with Gasteiger partial charge in [-0.3, -0.25) is 4.79 Å². The van der Waals surface area contributed by atoms with Crippen LogP contribution in [0.1, 0.15) is 35.4 Å². The van der Waals surface area contributed by atoms with Crippen LogP contribution in [0.2, 0.25) is 0 Å². The standard InChI is InChI=1S/C20H25N3O3/c24-20(21-13-16-14-25-11-12-26-16)18-17-9-5-2-6-10-23(17)19(22-18)15-7-3-1-4-8-15/h1,3-4,7-8,16H,2,5-6,9-14H2,(H,21,24). The van der Waals surface area contributed by atoms with Gasteiger partial charge in [-0.05, 0) is 19.3 Å². The van der Waals surface area contributed by atoms with Crippen molar-refractivity contribution in [3.8, 4) is 11.4 Å². The van der Waals surface area contributed by atoms with Gasteiger partial charge in [-0.2, -0.15) is 0 Å². The van der Waals surface area contributed by atoms with E-state index in [9.17, 15) is 4.79 Å². The molecule has 138 valence electrons. The molecule has 6 heteroatoms. The SMILES string of the molecule is O=C(NCC1COCCO1)c1nc(-c2ccccc2)n2c1CCCCC2. The Morgan fingerprint density at radius 3 is 2.88 bits per heavy atom. The van der Waals surface area contributed by atoms with E-state index in [0.717, 1.165) is 42.9 Å². The number of ether oxygens (including phenoxy) is 2. The third-order valence-electron chi connectivity index (χ3n) is 4.99. The molecule has 4 rings (SSSR count). The average molecular weight is 355 g/mol. The lowest BCUT2D eigenvalue weighted by molar-refractivity contribution is -0.0855. The van der Waals surface area contributed by atoms with Crippen LogP contribution in [0.3, 0.4) is 0 Å². The monoisotopic (exact) mass is 355 g/mol. The van der Waals surface area contributed by atoms with Gasteiger partial charge in [-0.15, -0.1) is 0 Å². The maximum absolute atomic E-state index is 12.8. The van der Waals surface area contributed by atoms with Crippen molar-refractivity contribution >= 4 is 5.91 Å². The number of imidazole rings is 1. The molecule has 2 aliphatic rings. The van der Waals surface area contributed by atoms with E-state index in [1.54, 1.807) is 0 Å². The van der Waals surface area contributed by atoms with E-state index in [4.69, 9.17) is 14.5 Å². The lowest BCUT2D eigenvalue weighted by Crippen LogP contribution is -2.40. The summed E-state index contributed by atoms with van der Waals surface area (Å²) in [5, 5.41) is 2.98. The second-order valence-corrected chi connectivity index (χ2v) is 6.84. The Hall–Kier alpha value is -2.18. The van der Waals surface area contributed by atoms with Gasteiger partial charge < -0.3 is 19.4 Å². The zero-order valence-electron chi connectivity index (χ0n) is 14.9. The Morgan fingerprint density at radius 2 is 2.08 bits per heavy atom. The Balaban J connectivity index is 1.58. The first-order valence-electron chi connectivity index (χ1n) is 9.45. The molecule has 1 amide bonds. The summed E-state index contributed by atoms with van der Waals surface area (Å²) in [7, 11) is 0. The van der Waals surface area contributed by atoms with E-state index in [-0.39, 0.29) is 12.0 Å². The normalized spacial score (nSPS) is 20.2. The molecule has 1 unspecified atom stereocenters. The number of nitrogens with zero attached hydrogens (tertiary/aromatic N) is 2. The minimum Gasteiger partial charge on any atom is -0.376 e. The van der Waals surface area contributed by atoms with Crippen LogP contribution in [0, 0.1) is 0 Å². The summed E-state index contributed by atoms with van der Waals surface area (Å²) in [6, 6.07) is 10.1. The summed E-state index contributed by atoms with van der Waals surface area (Å²) in [6.07, 6.45) is 4.22. The maximum atomic E-state index is 12.8. The molecule has 6 nitrogen and oxygen atoms in total. The van der Waals surface area contributed by atoms with Gasteiger partial charge in [0.2, 0.25) is 0 Å². The van der Waals surface area contributed by atoms with Gasteiger partial charge in [-0.25, -0.2) is 4.98 Å². The van der Waals surface area contributed by atoms with Gasteiger partial charge >= 0.3 is 0 Å². The van der Waals surface area contributed by atoms with Crippen molar-refractivity contribution in [2.75, 3.05) is 26.4 Å². The molecule has 2 aliphatic heterocycles. The lowest BCUT2D eigenvalue weighted by Gasteiger charge is -2.22. The van der Waals surface area contributed by atoms with Gasteiger partial charge in [0.15, 0.2) is 0 Å². The van der Waals surface area contributed by atoms with Crippen molar-refractivity contribution < 1.29 is 14.3 Å². The molecule has 1 aromatic carbocycles. The van der Waals surface area contributed by atoms with E-state index < -0.39 is 0 Å². The fourth-order valence-electron chi connectivity index (χ4n) is 3.65. The Bertz CT molecular complexity index is 751. The van der Waals surface area contributed by atoms with Crippen LogP contribution in [0.25, 0.3) is 11.4 Å². The topological polar surface area (TPSA) is 65.4 Å². The number of aromatic nitrogens is 2. The number of carbonyl (C=O) groups is 1. The molecule has 0 spiro atoms. The maximum Gasteiger partial charge on any atom is 0.271 e. The zero-order valence-corrected chi connectivity index (χ0v) is 14.9. The van der Waals surface area contributed by atoms with Gasteiger partial charge in [0, 0.05) is 18.7 Å². The first kappa shape index (κ1) is 17.2. The summed E-state index contributed by atoms with van der Waals surface area (Å²) in [6.45, 7) is 3.10. The lowest BCUT2D eigenvalue weighted by atomic mass is 10.1. The number of benzene rings is 1. The summed E-state index contributed by atoms with van der Waals surface area (Å²) < 4.78 is 13.2. The van der Waals surface area contributed by atoms with Crippen LogP contribution in [0.15, 0.2) is 30.3 Å². The fraction of sp³-hybridized carbons (Fsp3) is 0.500. The smallest absolute Gasteiger partial charge is 0.271 e. The molecule has 1 aromatic heterocycles. The second-order valence-electron chi connectivity index (χ2n) is 6.84. The minimum absolute atomic E-state index is 0.0810. The molecule has 0 aliphatic carbocycles. The highest BCUT2D eigenvalue weighted by molar-refractivity contribution is 5.94. The molecule has 3 heterocycles. The molecule has 1 saturated heterocycles. The van der Waals surface area contributed by atoms with Crippen molar-refractivity contribution in [1.82, 2.24) is 14.9 Å². The average Bonchev–Trinajstić information content (AvgIpc) is 2.89. The number of amides is 1. The third-order valence-corrected chi connectivity index (χ3v) is 4.99. The van der Waals surface area contributed by atoms with Crippen LogP contribution in [0.5, 0.6) is 0 Å². The van der Waals surface area contributed by atoms with Crippen LogP contribution in [-0.2, 0) is 22.4 Å². The van der Waals surface area contributed by atoms with Gasteiger partial charge in [0.25, 0.3) is 5.91 Å². The third kappa shape index (κ3) is 3.66. The van der Waals surface area contributed by atoms with E-state index in [0.29, 0.717) is 32.1 Å². The molecule has 1 fully saturated rings. The number of rotatable bonds is 4. The fourth-order valence-corrected chi connectivity index (χ4v) is 3.65. The van der Waals surface area contributed by atoms with Crippen molar-refractivity contribution in [3.63, 3.8) is 0 Å². The van der Waals surface area contributed by atoms with Crippen molar-refractivity contribution in [2.24, 2.45) is 0 Å². The van der Waals surface area contributed by atoms with Crippen molar-refractivity contribution in [1.29, 1.82) is 0 Å². The minimum atomic E-state index is -0.119. The number of hydrogen-bond donors (Lipinski definition) is 1. The highest BCUT2D eigenvalue weighted by atomic mass is 16.6. The van der Waals surface area contributed by atoms with Crippen LogP contribution in [-0.4, -0.2) is 47.9 Å². The quantitative estimate of drug-likeness (QED) is 0.915. The Morgan fingerprint density at radius 1 is 1.19 bits per heavy atom. The van der Waals surface area contributed by atoms with E-state index in [2.05, 4.69) is 22.0 Å². The molecule has 0 radical (unpaired) electrons. The second kappa shape index (κ2) is 8.01. The first-order chi connectivity index (χ1) is 12.8. The van der Waals surface area contributed by atoms with Crippen molar-refractivity contribution in [3.05, 3.63) is 41.7 Å². The Kier molecular flexibility index (Phi) is 5.32. The molecule has 0 saturated carbocycles. The van der Waals surface area contributed by atoms with E-state index >= 15 is 0 Å². The largest absolute Gasteiger partial charge is 0.376 e. The molecule has 2 aromatic rings. The first-order valence-corrected chi connectivity index (χ1v) is 9.45. The number of hydrogen-bond acceptors (Lipinski definition) is 4. The van der Waals surface area contributed by atoms with Gasteiger partial charge in [-0.1, -0.05) is 36.8 Å². The van der Waals surface area contributed by atoms with E-state index in [1.807, 2.05) is 18.2 Å². The van der Waals surface area contributed by atoms with Gasteiger partial charge in [0.1, 0.15) is 11.5 Å². The molecule has 1 N–H and O–H groups in total. The number of fused-ring (bicyclic) bond motifs is 1. The molecule has 1 atom stereocenters. The molecule has 26 heavy (non-hydrogen) atoms. The van der Waals surface area contributed by atoms with Crippen LogP contribution in [0.4, 0.5) is 0 Å². The number of nitrogens with one attached hydrogen (secondary N) is 1. The zero-order chi connectivity index (χ0) is 17.8. The van der Waals surface area contributed by atoms with Crippen LogP contribution < -0.4 is 5.32 Å². The molecular weight excluding hydrogens is 330 g/mol. The van der Waals surface area contributed by atoms with Crippen LogP contribution >= 0.6 is 0 Å². The predicted octanol–water partition coefficient (Wildman–Crippen LogP) is 2.42.